The van der Waals surface area contributed by atoms with Gasteiger partial charge in [0.2, 0.25) is 0 Å². The first-order chi connectivity index (χ1) is 12.5. The quantitative estimate of drug-likeness (QED) is 0.608. The summed E-state index contributed by atoms with van der Waals surface area (Å²) in [6.45, 7) is 0.333. The molecule has 0 aliphatic carbocycles. The number of carbonyl (C=O) groups is 1. The zero-order valence-electron chi connectivity index (χ0n) is 13.4. The molecule has 8 heteroatoms. The van der Waals surface area contributed by atoms with E-state index in [1.165, 1.54) is 6.07 Å². The van der Waals surface area contributed by atoms with E-state index in [9.17, 15) is 9.90 Å². The molecule has 2 aromatic carbocycles. The standard InChI is InChI=1S/C18H14Cl3N3O2/c19-13-8-14(20)17(25)15(16(13)21)18(26)22-7-6-11-9-23-24(10-11)12-4-2-1-3-5-12/h1-5,8-10,25H,6-7H2,(H,22,26). The lowest BCUT2D eigenvalue weighted by atomic mass is 10.1. The van der Waals surface area contributed by atoms with Gasteiger partial charge in [-0.2, -0.15) is 5.10 Å². The van der Waals surface area contributed by atoms with Crippen molar-refractivity contribution in [2.75, 3.05) is 6.54 Å². The predicted molar refractivity (Wildman–Crippen MR) is 103 cm³/mol. The maximum atomic E-state index is 12.3. The summed E-state index contributed by atoms with van der Waals surface area (Å²) in [5.74, 6) is -0.942. The van der Waals surface area contributed by atoms with Crippen molar-refractivity contribution in [1.82, 2.24) is 15.1 Å². The van der Waals surface area contributed by atoms with Gasteiger partial charge in [0.25, 0.3) is 5.91 Å². The molecule has 0 radical (unpaired) electrons. The predicted octanol–water partition coefficient (Wildman–Crippen LogP) is 4.51. The number of para-hydroxylation sites is 1. The van der Waals surface area contributed by atoms with E-state index in [0.29, 0.717) is 13.0 Å². The number of benzene rings is 2. The number of hydrogen-bond donors (Lipinski definition) is 2. The van der Waals surface area contributed by atoms with E-state index >= 15 is 0 Å². The number of aromatic nitrogens is 2. The summed E-state index contributed by atoms with van der Waals surface area (Å²) in [5.41, 5.74) is 1.77. The molecule has 0 saturated heterocycles. The third-order valence-corrected chi connectivity index (χ3v) is 4.80. The van der Waals surface area contributed by atoms with Crippen molar-refractivity contribution in [3.63, 3.8) is 0 Å². The van der Waals surface area contributed by atoms with Crippen molar-refractivity contribution in [3.8, 4) is 11.4 Å². The Balaban J connectivity index is 1.64. The van der Waals surface area contributed by atoms with Gasteiger partial charge >= 0.3 is 0 Å². The fourth-order valence-corrected chi connectivity index (χ4v) is 3.11. The van der Waals surface area contributed by atoms with Crippen LogP contribution in [0.5, 0.6) is 5.75 Å². The molecule has 0 aliphatic rings. The third-order valence-electron chi connectivity index (χ3n) is 3.73. The molecule has 0 aliphatic heterocycles. The highest BCUT2D eigenvalue weighted by Gasteiger charge is 2.20. The van der Waals surface area contributed by atoms with Gasteiger partial charge in [-0.3, -0.25) is 4.79 Å². The van der Waals surface area contributed by atoms with E-state index < -0.39 is 11.7 Å². The zero-order valence-corrected chi connectivity index (χ0v) is 15.7. The number of phenols is 1. The largest absolute Gasteiger partial charge is 0.505 e. The van der Waals surface area contributed by atoms with E-state index in [1.54, 1.807) is 10.9 Å². The monoisotopic (exact) mass is 409 g/mol. The second-order valence-electron chi connectivity index (χ2n) is 5.51. The molecule has 3 aromatic rings. The Bertz CT molecular complexity index is 916. The summed E-state index contributed by atoms with van der Waals surface area (Å²) in [6, 6.07) is 11.0. The topological polar surface area (TPSA) is 67.2 Å². The van der Waals surface area contributed by atoms with Gasteiger partial charge in [0.15, 0.2) is 0 Å². The molecule has 0 unspecified atom stereocenters. The minimum absolute atomic E-state index is 0.0336. The van der Waals surface area contributed by atoms with Gasteiger partial charge in [-0.1, -0.05) is 53.0 Å². The molecular weight excluding hydrogens is 397 g/mol. The fourth-order valence-electron chi connectivity index (χ4n) is 2.41. The van der Waals surface area contributed by atoms with Crippen molar-refractivity contribution in [2.45, 2.75) is 6.42 Å². The van der Waals surface area contributed by atoms with E-state index in [-0.39, 0.29) is 20.6 Å². The Morgan fingerprint density at radius 2 is 1.88 bits per heavy atom. The molecule has 0 fully saturated rings. The summed E-state index contributed by atoms with van der Waals surface area (Å²) in [5, 5.41) is 17.0. The highest BCUT2D eigenvalue weighted by Crippen LogP contribution is 2.38. The Kier molecular flexibility index (Phi) is 5.71. The molecule has 1 aromatic heterocycles. The second-order valence-corrected chi connectivity index (χ2v) is 6.70. The van der Waals surface area contributed by atoms with Crippen LogP contribution in [-0.2, 0) is 6.42 Å². The van der Waals surface area contributed by atoms with E-state index in [1.807, 2.05) is 36.5 Å². The number of hydrogen-bond acceptors (Lipinski definition) is 3. The first-order valence-corrected chi connectivity index (χ1v) is 8.84. The molecule has 0 spiro atoms. The maximum Gasteiger partial charge on any atom is 0.256 e. The SMILES string of the molecule is O=C(NCCc1cnn(-c2ccccc2)c1)c1c(O)c(Cl)cc(Cl)c1Cl. The molecule has 1 heterocycles. The molecule has 134 valence electrons. The minimum atomic E-state index is -0.549. The first-order valence-electron chi connectivity index (χ1n) is 7.71. The Morgan fingerprint density at radius 1 is 1.15 bits per heavy atom. The molecule has 1 amide bonds. The first kappa shape index (κ1) is 18.6. The van der Waals surface area contributed by atoms with Crippen LogP contribution >= 0.6 is 34.8 Å². The van der Waals surface area contributed by atoms with Crippen LogP contribution < -0.4 is 5.32 Å². The van der Waals surface area contributed by atoms with Crippen molar-refractivity contribution in [1.29, 1.82) is 0 Å². The normalized spacial score (nSPS) is 10.7. The zero-order chi connectivity index (χ0) is 18.7. The van der Waals surface area contributed by atoms with Crippen LogP contribution in [0.1, 0.15) is 15.9 Å². The Labute approximate surface area is 165 Å². The van der Waals surface area contributed by atoms with Gasteiger partial charge in [-0.25, -0.2) is 4.68 Å². The maximum absolute atomic E-state index is 12.3. The summed E-state index contributed by atoms with van der Waals surface area (Å²) in [7, 11) is 0. The van der Waals surface area contributed by atoms with Crippen molar-refractivity contribution >= 4 is 40.7 Å². The van der Waals surface area contributed by atoms with Crippen molar-refractivity contribution < 1.29 is 9.90 Å². The summed E-state index contributed by atoms with van der Waals surface area (Å²) >= 11 is 17.8. The van der Waals surface area contributed by atoms with Gasteiger partial charge < -0.3 is 10.4 Å². The number of amides is 1. The molecular formula is C18H14Cl3N3O2. The molecule has 2 N–H and O–H groups in total. The molecule has 0 atom stereocenters. The Hall–Kier alpha value is -2.21. The van der Waals surface area contributed by atoms with Crippen molar-refractivity contribution in [3.05, 3.63) is 75.0 Å². The van der Waals surface area contributed by atoms with Crippen LogP contribution in [-0.4, -0.2) is 27.3 Å². The highest BCUT2D eigenvalue weighted by atomic mass is 35.5. The average molecular weight is 411 g/mol. The molecule has 0 bridgehead atoms. The number of nitrogens with zero attached hydrogens (tertiary/aromatic N) is 2. The van der Waals surface area contributed by atoms with Gasteiger partial charge in [0.05, 0.1) is 27.0 Å². The van der Waals surface area contributed by atoms with Crippen LogP contribution in [0.2, 0.25) is 15.1 Å². The molecule has 3 rings (SSSR count). The second kappa shape index (κ2) is 7.99. The van der Waals surface area contributed by atoms with Gasteiger partial charge in [-0.05, 0) is 30.2 Å². The van der Waals surface area contributed by atoms with E-state index in [2.05, 4.69) is 10.4 Å². The van der Waals surface area contributed by atoms with Crippen LogP contribution in [0.4, 0.5) is 0 Å². The molecule has 0 saturated carbocycles. The lowest BCUT2D eigenvalue weighted by molar-refractivity contribution is 0.0951. The van der Waals surface area contributed by atoms with Crippen LogP contribution in [0.25, 0.3) is 5.69 Å². The lowest BCUT2D eigenvalue weighted by Crippen LogP contribution is -2.26. The average Bonchev–Trinajstić information content (AvgIpc) is 3.10. The van der Waals surface area contributed by atoms with Gasteiger partial charge in [-0.15, -0.1) is 0 Å². The number of phenolic OH excluding ortho intramolecular Hbond substituents is 1. The molecule has 26 heavy (non-hydrogen) atoms. The number of nitrogens with one attached hydrogen (secondary N) is 1. The Morgan fingerprint density at radius 3 is 2.62 bits per heavy atom. The minimum Gasteiger partial charge on any atom is -0.505 e. The van der Waals surface area contributed by atoms with E-state index in [0.717, 1.165) is 11.3 Å². The van der Waals surface area contributed by atoms with Crippen LogP contribution in [0, 0.1) is 0 Å². The number of aromatic hydroxyl groups is 1. The van der Waals surface area contributed by atoms with Crippen LogP contribution in [0.15, 0.2) is 48.8 Å². The molecule has 5 nitrogen and oxygen atoms in total. The summed E-state index contributed by atoms with van der Waals surface area (Å²) in [6.07, 6.45) is 4.19. The number of rotatable bonds is 5. The van der Waals surface area contributed by atoms with Gasteiger partial charge in [0, 0.05) is 12.7 Å². The number of carbonyl (C=O) groups excluding carboxylic acids is 1. The fraction of sp³-hybridized carbons (Fsp3) is 0.111. The number of halogens is 3. The summed E-state index contributed by atoms with van der Waals surface area (Å²) in [4.78, 5) is 12.3. The van der Waals surface area contributed by atoms with Crippen LogP contribution in [0.3, 0.4) is 0 Å². The smallest absolute Gasteiger partial charge is 0.256 e. The van der Waals surface area contributed by atoms with E-state index in [4.69, 9.17) is 34.8 Å². The van der Waals surface area contributed by atoms with Gasteiger partial charge in [0.1, 0.15) is 11.3 Å². The van der Waals surface area contributed by atoms with Crippen molar-refractivity contribution in [2.24, 2.45) is 0 Å². The third kappa shape index (κ3) is 3.96. The highest BCUT2D eigenvalue weighted by molar-refractivity contribution is 6.45. The lowest BCUT2D eigenvalue weighted by Gasteiger charge is -2.10. The summed E-state index contributed by atoms with van der Waals surface area (Å²) < 4.78 is 1.76.